The summed E-state index contributed by atoms with van der Waals surface area (Å²) in [7, 11) is 4.28. The number of methoxy groups -OCH3 is 3. The van der Waals surface area contributed by atoms with Gasteiger partial charge in [0, 0.05) is 18.1 Å². The van der Waals surface area contributed by atoms with E-state index in [1.165, 1.54) is 27.4 Å². The summed E-state index contributed by atoms with van der Waals surface area (Å²) in [4.78, 5) is 15.9. The molecule has 8 heteroatoms. The zero-order chi connectivity index (χ0) is 19.6. The Morgan fingerprint density at radius 3 is 2.22 bits per heavy atom. The number of benzene rings is 2. The first kappa shape index (κ1) is 18.2. The summed E-state index contributed by atoms with van der Waals surface area (Å²) in [6.07, 6.45) is 0. The molecule has 1 N–H and O–H groups in total. The molecule has 0 fully saturated rings. The van der Waals surface area contributed by atoms with Gasteiger partial charge in [-0.05, 0) is 17.7 Å². The van der Waals surface area contributed by atoms with Crippen LogP contribution in [0.15, 0.2) is 34.9 Å². The molecule has 27 heavy (non-hydrogen) atoms. The molecule has 3 rings (SSSR count). The molecule has 0 bridgehead atoms. The van der Waals surface area contributed by atoms with Crippen LogP contribution in [-0.2, 0) is 0 Å². The average Bonchev–Trinajstić information content (AvgIpc) is 3.12. The fourth-order valence-electron chi connectivity index (χ4n) is 2.83. The van der Waals surface area contributed by atoms with Crippen molar-refractivity contribution in [3.8, 4) is 39.8 Å². The Kier molecular flexibility index (Phi) is 4.98. The molecule has 0 spiro atoms. The third kappa shape index (κ3) is 3.29. The van der Waals surface area contributed by atoms with Crippen molar-refractivity contribution in [2.75, 3.05) is 21.3 Å². The maximum Gasteiger partial charge on any atom is 0.339 e. The minimum Gasteiger partial charge on any atom is -0.492 e. The molecule has 140 valence electrons. The number of rotatable bonds is 6. The topological polar surface area (TPSA) is 104 Å². The van der Waals surface area contributed by atoms with Crippen LogP contribution in [0.1, 0.15) is 16.2 Å². The summed E-state index contributed by atoms with van der Waals surface area (Å²) in [5, 5.41) is 13.5. The molecule has 0 saturated heterocycles. The number of aromatic carboxylic acids is 1. The Hall–Kier alpha value is -3.55. The molecule has 0 radical (unpaired) electrons. The lowest BCUT2D eigenvalue weighted by Crippen LogP contribution is -2.05. The van der Waals surface area contributed by atoms with Gasteiger partial charge >= 0.3 is 5.97 Å². The highest BCUT2D eigenvalue weighted by molar-refractivity contribution is 5.96. The second-order valence-electron chi connectivity index (χ2n) is 5.59. The summed E-state index contributed by atoms with van der Waals surface area (Å²) in [5.74, 6) is 0.408. The van der Waals surface area contributed by atoms with E-state index in [4.69, 9.17) is 18.7 Å². The molecule has 0 amide bonds. The van der Waals surface area contributed by atoms with Crippen LogP contribution in [-0.4, -0.2) is 42.5 Å². The van der Waals surface area contributed by atoms with Gasteiger partial charge < -0.3 is 23.8 Å². The van der Waals surface area contributed by atoms with Crippen molar-refractivity contribution < 1.29 is 28.6 Å². The number of aryl methyl sites for hydroxylation is 1. The van der Waals surface area contributed by atoms with E-state index in [-0.39, 0.29) is 17.1 Å². The number of carboxylic acid groups (broad SMARTS) is 1. The predicted molar refractivity (Wildman–Crippen MR) is 96.5 cm³/mol. The van der Waals surface area contributed by atoms with Crippen molar-refractivity contribution in [3.05, 3.63) is 41.8 Å². The summed E-state index contributed by atoms with van der Waals surface area (Å²) >= 11 is 0. The molecule has 0 aliphatic carbocycles. The van der Waals surface area contributed by atoms with Crippen molar-refractivity contribution in [1.82, 2.24) is 10.1 Å². The maximum atomic E-state index is 11.7. The summed E-state index contributed by atoms with van der Waals surface area (Å²) < 4.78 is 21.1. The molecule has 0 aliphatic rings. The second-order valence-corrected chi connectivity index (χ2v) is 5.59. The van der Waals surface area contributed by atoms with Crippen LogP contribution in [0.3, 0.4) is 0 Å². The number of hydrogen-bond acceptors (Lipinski definition) is 7. The minimum absolute atomic E-state index is 0.0361. The number of hydrogen-bond donors (Lipinski definition) is 1. The normalized spacial score (nSPS) is 10.5. The maximum absolute atomic E-state index is 11.7. The third-order valence-electron chi connectivity index (χ3n) is 3.99. The van der Waals surface area contributed by atoms with E-state index in [1.807, 2.05) is 24.3 Å². The van der Waals surface area contributed by atoms with Crippen LogP contribution in [0.4, 0.5) is 0 Å². The van der Waals surface area contributed by atoms with Crippen LogP contribution in [0.25, 0.3) is 22.5 Å². The smallest absolute Gasteiger partial charge is 0.339 e. The van der Waals surface area contributed by atoms with Crippen LogP contribution in [0.2, 0.25) is 0 Å². The monoisotopic (exact) mass is 370 g/mol. The van der Waals surface area contributed by atoms with E-state index in [9.17, 15) is 9.90 Å². The molecule has 3 aromatic rings. The lowest BCUT2D eigenvalue weighted by Gasteiger charge is -2.18. The zero-order valence-corrected chi connectivity index (χ0v) is 15.3. The first-order valence-electron chi connectivity index (χ1n) is 7.97. The molecule has 0 saturated carbocycles. The van der Waals surface area contributed by atoms with Crippen molar-refractivity contribution in [2.45, 2.75) is 6.92 Å². The van der Waals surface area contributed by atoms with E-state index in [1.54, 1.807) is 6.92 Å². The first-order valence-corrected chi connectivity index (χ1v) is 7.97. The number of carbonyl (C=O) groups is 1. The second kappa shape index (κ2) is 7.36. The Morgan fingerprint density at radius 2 is 1.67 bits per heavy atom. The highest BCUT2D eigenvalue weighted by Gasteiger charge is 2.25. The summed E-state index contributed by atoms with van der Waals surface area (Å²) in [6.45, 7) is 1.71. The molecule has 0 aliphatic heterocycles. The van der Waals surface area contributed by atoms with Crippen LogP contribution in [0.5, 0.6) is 17.2 Å². The molecular weight excluding hydrogens is 352 g/mol. The Bertz CT molecular complexity index is 996. The lowest BCUT2D eigenvalue weighted by molar-refractivity contribution is 0.0692. The third-order valence-corrected chi connectivity index (χ3v) is 3.99. The van der Waals surface area contributed by atoms with Gasteiger partial charge in [-0.15, -0.1) is 0 Å². The molecule has 1 heterocycles. The van der Waals surface area contributed by atoms with Gasteiger partial charge in [-0.3, -0.25) is 0 Å². The van der Waals surface area contributed by atoms with Gasteiger partial charge in [-0.1, -0.05) is 23.4 Å². The van der Waals surface area contributed by atoms with Gasteiger partial charge in [-0.2, -0.15) is 4.98 Å². The van der Waals surface area contributed by atoms with Crippen molar-refractivity contribution in [3.63, 3.8) is 0 Å². The minimum atomic E-state index is -1.14. The van der Waals surface area contributed by atoms with Gasteiger partial charge in [0.1, 0.15) is 5.56 Å². The molecule has 0 unspecified atom stereocenters. The molecule has 8 nitrogen and oxygen atoms in total. The van der Waals surface area contributed by atoms with Gasteiger partial charge in [0.2, 0.25) is 17.5 Å². The predicted octanol–water partition coefficient (Wildman–Crippen LogP) is 3.44. The summed E-state index contributed by atoms with van der Waals surface area (Å²) in [5.41, 5.74) is 1.92. The SMILES string of the molecule is COc1c(C(=O)O)cc(-c2cccc(-c3noc(C)n3)c2)c(OC)c1OC. The highest BCUT2D eigenvalue weighted by Crippen LogP contribution is 2.47. The van der Waals surface area contributed by atoms with E-state index in [2.05, 4.69) is 10.1 Å². The standard InChI is InChI=1S/C19H18N2O6/c1-10-20-18(21-27-10)12-7-5-6-11(8-12)13-9-14(19(22)23)16(25-3)17(26-4)15(13)24-2/h5-9H,1-4H3,(H,22,23). The zero-order valence-electron chi connectivity index (χ0n) is 15.3. The fraction of sp³-hybridized carbons (Fsp3) is 0.211. The molecule has 1 aromatic heterocycles. The summed E-state index contributed by atoms with van der Waals surface area (Å²) in [6, 6.07) is 8.78. The fourth-order valence-corrected chi connectivity index (χ4v) is 2.83. The van der Waals surface area contributed by atoms with Crippen LogP contribution >= 0.6 is 0 Å². The van der Waals surface area contributed by atoms with Crippen molar-refractivity contribution >= 4 is 5.97 Å². The average molecular weight is 370 g/mol. The van der Waals surface area contributed by atoms with Gasteiger partial charge in [0.05, 0.1) is 21.3 Å². The van der Waals surface area contributed by atoms with Gasteiger partial charge in [0.25, 0.3) is 0 Å². The largest absolute Gasteiger partial charge is 0.492 e. The number of nitrogens with zero attached hydrogens (tertiary/aromatic N) is 2. The van der Waals surface area contributed by atoms with Crippen LogP contribution in [0, 0.1) is 6.92 Å². The Morgan fingerprint density at radius 1 is 1.00 bits per heavy atom. The van der Waals surface area contributed by atoms with Crippen molar-refractivity contribution in [2.24, 2.45) is 0 Å². The number of ether oxygens (including phenoxy) is 3. The van der Waals surface area contributed by atoms with E-state index >= 15 is 0 Å². The van der Waals surface area contributed by atoms with Crippen molar-refractivity contribution in [1.29, 1.82) is 0 Å². The molecular formula is C19H18N2O6. The highest BCUT2D eigenvalue weighted by atomic mass is 16.5. The Labute approximate surface area is 155 Å². The first-order chi connectivity index (χ1) is 13.0. The van der Waals surface area contributed by atoms with E-state index < -0.39 is 5.97 Å². The van der Waals surface area contributed by atoms with E-state index in [0.717, 1.165) is 5.56 Å². The number of aromatic nitrogens is 2. The lowest BCUT2D eigenvalue weighted by atomic mass is 9.98. The quantitative estimate of drug-likeness (QED) is 0.704. The number of carboxylic acids is 1. The molecule has 2 aromatic carbocycles. The van der Waals surface area contributed by atoms with E-state index in [0.29, 0.717) is 28.6 Å². The Balaban J connectivity index is 2.25. The van der Waals surface area contributed by atoms with Gasteiger partial charge in [0.15, 0.2) is 11.5 Å². The van der Waals surface area contributed by atoms with Crippen LogP contribution < -0.4 is 14.2 Å². The molecule has 0 atom stereocenters. The van der Waals surface area contributed by atoms with Gasteiger partial charge in [-0.25, -0.2) is 4.79 Å².